The van der Waals surface area contributed by atoms with E-state index in [0.717, 1.165) is 22.9 Å². The maximum atomic E-state index is 13.3. The molecular weight excluding hydrogens is 506 g/mol. The van der Waals surface area contributed by atoms with Gasteiger partial charge >= 0.3 is 5.97 Å². The van der Waals surface area contributed by atoms with E-state index >= 15 is 0 Å². The van der Waals surface area contributed by atoms with E-state index in [-0.39, 0.29) is 18.0 Å². The summed E-state index contributed by atoms with van der Waals surface area (Å²) in [6.45, 7) is 1.86. The maximum Gasteiger partial charge on any atom is 0.303 e. The molecule has 9 nitrogen and oxygen atoms in total. The Morgan fingerprint density at radius 2 is 1.58 bits per heavy atom. The lowest BCUT2D eigenvalue weighted by molar-refractivity contribution is -0.142. The van der Waals surface area contributed by atoms with Crippen LogP contribution in [0, 0.1) is 0 Å². The zero-order valence-electron chi connectivity index (χ0n) is 21.3. The monoisotopic (exact) mass is 539 g/mol. The van der Waals surface area contributed by atoms with Gasteiger partial charge in [0, 0.05) is 25.1 Å². The van der Waals surface area contributed by atoms with Gasteiger partial charge in [-0.25, -0.2) is 0 Å². The number of amides is 3. The second kappa shape index (κ2) is 14.3. The molecule has 0 unspecified atom stereocenters. The van der Waals surface area contributed by atoms with Gasteiger partial charge < -0.3 is 20.6 Å². The number of aliphatic carboxylic acids is 1. The molecule has 1 aliphatic rings. The Balaban J connectivity index is 1.65. The second-order valence-corrected chi connectivity index (χ2v) is 10.2. The van der Waals surface area contributed by atoms with E-state index in [1.165, 1.54) is 11.8 Å². The van der Waals surface area contributed by atoms with Crippen molar-refractivity contribution in [2.45, 2.75) is 62.9 Å². The predicted molar refractivity (Wildman–Crippen MR) is 144 cm³/mol. The fourth-order valence-corrected chi connectivity index (χ4v) is 5.13. The van der Waals surface area contributed by atoms with E-state index in [2.05, 4.69) is 10.6 Å². The summed E-state index contributed by atoms with van der Waals surface area (Å²) in [4.78, 5) is 63.7. The number of hydrogen-bond acceptors (Lipinski definition) is 6. The zero-order chi connectivity index (χ0) is 27.5. The number of carbonyl (C=O) groups is 5. The molecule has 0 aromatic heterocycles. The minimum atomic E-state index is -1.10. The molecule has 3 rings (SSSR count). The number of hydrogen-bond donors (Lipinski definition) is 3. The number of benzene rings is 2. The second-order valence-electron chi connectivity index (χ2n) is 9.22. The molecule has 2 aromatic carbocycles. The third-order valence-corrected chi connectivity index (χ3v) is 7.31. The van der Waals surface area contributed by atoms with Gasteiger partial charge in [0.2, 0.25) is 22.8 Å². The van der Waals surface area contributed by atoms with Crippen molar-refractivity contribution in [3.63, 3.8) is 0 Å². The Morgan fingerprint density at radius 1 is 0.947 bits per heavy atom. The highest BCUT2D eigenvalue weighted by atomic mass is 32.2. The Morgan fingerprint density at radius 3 is 2.21 bits per heavy atom. The topological polar surface area (TPSA) is 133 Å². The molecular formula is C28H33N3O6S. The van der Waals surface area contributed by atoms with Crippen molar-refractivity contribution in [2.75, 3.05) is 6.54 Å². The lowest BCUT2D eigenvalue weighted by Crippen LogP contribution is -2.54. The first-order chi connectivity index (χ1) is 18.2. The summed E-state index contributed by atoms with van der Waals surface area (Å²) in [7, 11) is 0. The largest absolute Gasteiger partial charge is 0.481 e. The van der Waals surface area contributed by atoms with Crippen molar-refractivity contribution in [1.82, 2.24) is 15.5 Å². The molecule has 2 aromatic rings. The first-order valence-electron chi connectivity index (χ1n) is 12.6. The van der Waals surface area contributed by atoms with Crippen LogP contribution in [0.1, 0.15) is 43.7 Å². The summed E-state index contributed by atoms with van der Waals surface area (Å²) in [5, 5.41) is 14.0. The minimum absolute atomic E-state index is 0.166. The molecule has 0 saturated carbocycles. The summed E-state index contributed by atoms with van der Waals surface area (Å²) in [6, 6.07) is 16.6. The Bertz CT molecular complexity index is 1130. The molecule has 1 fully saturated rings. The highest BCUT2D eigenvalue weighted by Crippen LogP contribution is 2.21. The highest BCUT2D eigenvalue weighted by molar-refractivity contribution is 8.13. The van der Waals surface area contributed by atoms with E-state index in [9.17, 15) is 24.0 Å². The molecule has 10 heteroatoms. The van der Waals surface area contributed by atoms with Gasteiger partial charge in [-0.15, -0.1) is 0 Å². The van der Waals surface area contributed by atoms with Crippen molar-refractivity contribution < 1.29 is 29.1 Å². The third-order valence-electron chi connectivity index (χ3n) is 6.26. The van der Waals surface area contributed by atoms with E-state index in [1.807, 2.05) is 60.7 Å². The summed E-state index contributed by atoms with van der Waals surface area (Å²) >= 11 is 1.14. The van der Waals surface area contributed by atoms with Gasteiger partial charge in [-0.2, -0.15) is 0 Å². The standard InChI is InChI=1S/C28H33N3O6S/c1-19(29-24(32)14-15-25(33)34)27(36)31-16-8-13-23(31)26(35)30-22(17-20-9-4-2-5-10-20)28(37)38-18-21-11-6-3-7-12-21/h2-7,9-12,19,22-23H,8,13-18H2,1H3,(H,29,32)(H,30,35)(H,33,34)/t19-,22-,23-/m0/s1. The predicted octanol–water partition coefficient (Wildman–Crippen LogP) is 2.53. The third kappa shape index (κ3) is 8.72. The summed E-state index contributed by atoms with van der Waals surface area (Å²) in [5.74, 6) is -1.99. The molecule has 1 saturated heterocycles. The number of nitrogens with zero attached hydrogens (tertiary/aromatic N) is 1. The number of carboxylic acid groups (broad SMARTS) is 1. The Kier molecular flexibility index (Phi) is 10.9. The lowest BCUT2D eigenvalue weighted by atomic mass is 10.1. The van der Waals surface area contributed by atoms with Gasteiger partial charge in [0.15, 0.2) is 0 Å². The molecule has 0 spiro atoms. The zero-order valence-corrected chi connectivity index (χ0v) is 22.1. The van der Waals surface area contributed by atoms with Crippen LogP contribution in [0.25, 0.3) is 0 Å². The Labute approximate surface area is 226 Å². The van der Waals surface area contributed by atoms with E-state index in [0.29, 0.717) is 31.6 Å². The highest BCUT2D eigenvalue weighted by Gasteiger charge is 2.37. The quantitative estimate of drug-likeness (QED) is 0.378. The maximum absolute atomic E-state index is 13.3. The first-order valence-corrected chi connectivity index (χ1v) is 13.6. The van der Waals surface area contributed by atoms with E-state index < -0.39 is 41.8 Å². The van der Waals surface area contributed by atoms with Gasteiger partial charge in [-0.05, 0) is 30.9 Å². The minimum Gasteiger partial charge on any atom is -0.481 e. The van der Waals surface area contributed by atoms with Crippen molar-refractivity contribution >= 4 is 40.6 Å². The SMILES string of the molecule is C[C@H](NC(=O)CCC(=O)O)C(=O)N1CCC[C@H]1C(=O)N[C@@H](Cc1ccccc1)C(=O)SCc1ccccc1. The van der Waals surface area contributed by atoms with E-state index in [1.54, 1.807) is 0 Å². The number of carboxylic acids is 1. The van der Waals surface area contributed by atoms with Crippen LogP contribution in [0.2, 0.25) is 0 Å². The van der Waals surface area contributed by atoms with Gasteiger partial charge in [0.25, 0.3) is 0 Å². The average molecular weight is 540 g/mol. The fraction of sp³-hybridized carbons (Fsp3) is 0.393. The first kappa shape index (κ1) is 28.9. The molecule has 3 N–H and O–H groups in total. The van der Waals surface area contributed by atoms with Gasteiger partial charge in [0.1, 0.15) is 18.1 Å². The van der Waals surface area contributed by atoms with Crippen LogP contribution >= 0.6 is 11.8 Å². The smallest absolute Gasteiger partial charge is 0.303 e. The van der Waals surface area contributed by atoms with Gasteiger partial charge in [-0.3, -0.25) is 24.0 Å². The average Bonchev–Trinajstić information content (AvgIpc) is 3.41. The Hall–Kier alpha value is -3.66. The van der Waals surface area contributed by atoms with Crippen LogP contribution in [0.3, 0.4) is 0 Å². The normalized spacial score (nSPS) is 16.3. The molecule has 3 atom stereocenters. The van der Waals surface area contributed by atoms with Crippen molar-refractivity contribution in [1.29, 1.82) is 0 Å². The van der Waals surface area contributed by atoms with Crippen molar-refractivity contribution in [3.05, 3.63) is 71.8 Å². The van der Waals surface area contributed by atoms with Gasteiger partial charge in [-0.1, -0.05) is 72.4 Å². The number of likely N-dealkylation sites (tertiary alicyclic amines) is 1. The molecule has 1 aliphatic heterocycles. The van der Waals surface area contributed by atoms with Crippen LogP contribution in [-0.2, 0) is 36.1 Å². The summed E-state index contributed by atoms with van der Waals surface area (Å²) in [6.07, 6.45) is 0.815. The summed E-state index contributed by atoms with van der Waals surface area (Å²) in [5.41, 5.74) is 1.91. The van der Waals surface area contributed by atoms with Crippen LogP contribution in [0.15, 0.2) is 60.7 Å². The number of nitrogens with one attached hydrogen (secondary N) is 2. The number of carbonyl (C=O) groups excluding carboxylic acids is 4. The van der Waals surface area contributed by atoms with Crippen molar-refractivity contribution in [3.8, 4) is 0 Å². The molecule has 1 heterocycles. The molecule has 38 heavy (non-hydrogen) atoms. The van der Waals surface area contributed by atoms with Crippen molar-refractivity contribution in [2.24, 2.45) is 0 Å². The number of thioether (sulfide) groups is 1. The molecule has 0 radical (unpaired) electrons. The van der Waals surface area contributed by atoms with Crippen LogP contribution in [0.5, 0.6) is 0 Å². The number of rotatable bonds is 12. The molecule has 0 aliphatic carbocycles. The van der Waals surface area contributed by atoms with Crippen LogP contribution < -0.4 is 10.6 Å². The van der Waals surface area contributed by atoms with Crippen LogP contribution in [-0.4, -0.2) is 63.5 Å². The molecule has 3 amide bonds. The van der Waals surface area contributed by atoms with E-state index in [4.69, 9.17) is 5.11 Å². The summed E-state index contributed by atoms with van der Waals surface area (Å²) < 4.78 is 0. The molecule has 202 valence electrons. The fourth-order valence-electron chi connectivity index (χ4n) is 4.29. The van der Waals surface area contributed by atoms with Gasteiger partial charge in [0.05, 0.1) is 6.42 Å². The van der Waals surface area contributed by atoms with Crippen LogP contribution in [0.4, 0.5) is 0 Å². The molecule has 0 bridgehead atoms. The lowest BCUT2D eigenvalue weighted by Gasteiger charge is -2.28.